The molecule has 0 bridgehead atoms. The third kappa shape index (κ3) is 4.72. The van der Waals surface area contributed by atoms with Gasteiger partial charge < -0.3 is 10.2 Å². The van der Waals surface area contributed by atoms with Crippen LogP contribution in [0.2, 0.25) is 0 Å². The van der Waals surface area contributed by atoms with Gasteiger partial charge in [-0.05, 0) is 89.3 Å². The van der Waals surface area contributed by atoms with Crippen molar-refractivity contribution in [2.75, 3.05) is 0 Å². The van der Waals surface area contributed by atoms with Crippen LogP contribution in [0.1, 0.15) is 31.8 Å². The molecule has 0 saturated carbocycles. The number of aromatic carboxylic acids is 2. The topological polar surface area (TPSA) is 124 Å². The van der Waals surface area contributed by atoms with Crippen LogP contribution in [-0.4, -0.2) is 22.2 Å². The van der Waals surface area contributed by atoms with E-state index in [-0.39, 0.29) is 11.1 Å². The van der Waals surface area contributed by atoms with Crippen LogP contribution in [0, 0.1) is 0 Å². The van der Waals surface area contributed by atoms with Gasteiger partial charge in [-0.2, -0.15) is 20.5 Å². The number of carboxylic acids is 2. The Bertz CT molecular complexity index is 1430. The molecule has 1 aliphatic carbocycles. The zero-order valence-electron chi connectivity index (χ0n) is 18.3. The van der Waals surface area contributed by atoms with E-state index < -0.39 is 11.9 Å². The molecule has 4 aromatic rings. The van der Waals surface area contributed by atoms with Crippen molar-refractivity contribution in [3.05, 3.63) is 107 Å². The zero-order valence-corrected chi connectivity index (χ0v) is 18.3. The molecule has 8 nitrogen and oxygen atoms in total. The predicted molar refractivity (Wildman–Crippen MR) is 130 cm³/mol. The van der Waals surface area contributed by atoms with Crippen molar-refractivity contribution in [3.8, 4) is 11.1 Å². The number of hydrogen-bond acceptors (Lipinski definition) is 6. The molecule has 0 fully saturated rings. The molecule has 4 aromatic carbocycles. The molecule has 0 radical (unpaired) electrons. The fourth-order valence-electron chi connectivity index (χ4n) is 3.94. The Morgan fingerprint density at radius 2 is 0.943 bits per heavy atom. The first-order valence-electron chi connectivity index (χ1n) is 10.7. The monoisotopic (exact) mass is 462 g/mol. The quantitative estimate of drug-likeness (QED) is 0.254. The molecule has 0 aliphatic heterocycles. The summed E-state index contributed by atoms with van der Waals surface area (Å²) in [6.07, 6.45) is 0.709. The van der Waals surface area contributed by atoms with E-state index in [0.717, 1.165) is 22.3 Å². The van der Waals surface area contributed by atoms with Crippen LogP contribution in [-0.2, 0) is 6.42 Å². The van der Waals surface area contributed by atoms with Gasteiger partial charge in [0.1, 0.15) is 0 Å². The highest BCUT2D eigenvalue weighted by molar-refractivity contribution is 5.89. The van der Waals surface area contributed by atoms with Crippen LogP contribution in [0.5, 0.6) is 0 Å². The summed E-state index contributed by atoms with van der Waals surface area (Å²) in [5, 5.41) is 35.1. The van der Waals surface area contributed by atoms with E-state index in [9.17, 15) is 9.59 Å². The fourth-order valence-corrected chi connectivity index (χ4v) is 3.94. The Morgan fingerprint density at radius 3 is 1.34 bits per heavy atom. The Balaban J connectivity index is 1.34. The molecule has 0 amide bonds. The van der Waals surface area contributed by atoms with E-state index in [2.05, 4.69) is 20.5 Å². The van der Waals surface area contributed by atoms with E-state index in [0.29, 0.717) is 29.2 Å². The number of carbonyl (C=O) groups is 2. The standard InChI is InChI=1S/C27H18N4O4/c32-26(33)16-3-1-5-20(12-16)28-30-22-7-9-24-18(14-22)11-19-15-23(8-10-25(19)24)31-29-21-6-2-4-17(13-21)27(34)35/h1-10,12-15H,11H2,(H,32,33)(H,34,35)/b30-28+,31-29+. The van der Waals surface area contributed by atoms with E-state index in [1.807, 2.05) is 36.4 Å². The number of azo groups is 2. The van der Waals surface area contributed by atoms with Crippen LogP contribution in [0.25, 0.3) is 11.1 Å². The molecule has 35 heavy (non-hydrogen) atoms. The number of fused-ring (bicyclic) bond motifs is 3. The van der Waals surface area contributed by atoms with Gasteiger partial charge in [-0.25, -0.2) is 9.59 Å². The van der Waals surface area contributed by atoms with Crippen molar-refractivity contribution in [2.45, 2.75) is 6.42 Å². The van der Waals surface area contributed by atoms with Crippen molar-refractivity contribution in [3.63, 3.8) is 0 Å². The predicted octanol–water partition coefficient (Wildman–Crippen LogP) is 7.49. The lowest BCUT2D eigenvalue weighted by Gasteiger charge is -2.02. The Hall–Kier alpha value is -4.98. The number of carboxylic acid groups (broad SMARTS) is 2. The minimum absolute atomic E-state index is 0.161. The highest BCUT2D eigenvalue weighted by atomic mass is 16.4. The summed E-state index contributed by atoms with van der Waals surface area (Å²) in [6.45, 7) is 0. The van der Waals surface area contributed by atoms with Crippen molar-refractivity contribution < 1.29 is 19.8 Å². The summed E-state index contributed by atoms with van der Waals surface area (Å²) in [5.74, 6) is -2.02. The summed E-state index contributed by atoms with van der Waals surface area (Å²) in [6, 6.07) is 24.3. The average Bonchev–Trinajstić information content (AvgIpc) is 3.23. The second-order valence-corrected chi connectivity index (χ2v) is 7.97. The van der Waals surface area contributed by atoms with Gasteiger partial charge in [0.05, 0.1) is 33.9 Å². The maximum atomic E-state index is 11.1. The lowest BCUT2D eigenvalue weighted by atomic mass is 10.1. The van der Waals surface area contributed by atoms with E-state index >= 15 is 0 Å². The van der Waals surface area contributed by atoms with Gasteiger partial charge in [0.25, 0.3) is 0 Å². The largest absolute Gasteiger partial charge is 0.478 e. The van der Waals surface area contributed by atoms with Crippen molar-refractivity contribution >= 4 is 34.7 Å². The maximum absolute atomic E-state index is 11.1. The summed E-state index contributed by atoms with van der Waals surface area (Å²) >= 11 is 0. The average molecular weight is 462 g/mol. The fraction of sp³-hybridized carbons (Fsp3) is 0.0370. The second kappa shape index (κ2) is 9.11. The van der Waals surface area contributed by atoms with Crippen molar-refractivity contribution in [2.24, 2.45) is 20.5 Å². The Morgan fingerprint density at radius 1 is 0.543 bits per heavy atom. The minimum Gasteiger partial charge on any atom is -0.478 e. The number of benzene rings is 4. The molecule has 0 aromatic heterocycles. The van der Waals surface area contributed by atoms with E-state index in [1.54, 1.807) is 24.3 Å². The number of hydrogen-bond donors (Lipinski definition) is 2. The molecule has 0 atom stereocenters. The first kappa shape index (κ1) is 21.8. The molecule has 8 heteroatoms. The third-order valence-corrected chi connectivity index (χ3v) is 5.60. The van der Waals surface area contributed by atoms with Gasteiger partial charge in [-0.15, -0.1) is 0 Å². The van der Waals surface area contributed by atoms with Crippen LogP contribution in [0.3, 0.4) is 0 Å². The lowest BCUT2D eigenvalue weighted by Crippen LogP contribution is -1.94. The van der Waals surface area contributed by atoms with E-state index in [4.69, 9.17) is 10.2 Å². The molecule has 2 N–H and O–H groups in total. The molecular formula is C27H18N4O4. The van der Waals surface area contributed by atoms with Gasteiger partial charge in [0.15, 0.2) is 0 Å². The minimum atomic E-state index is -1.01. The molecular weight excluding hydrogens is 444 g/mol. The Kier molecular flexibility index (Phi) is 5.68. The first-order chi connectivity index (χ1) is 17.0. The van der Waals surface area contributed by atoms with Crippen molar-refractivity contribution in [1.82, 2.24) is 0 Å². The molecule has 0 spiro atoms. The summed E-state index contributed by atoms with van der Waals surface area (Å²) < 4.78 is 0. The molecule has 170 valence electrons. The lowest BCUT2D eigenvalue weighted by molar-refractivity contribution is 0.0686. The van der Waals surface area contributed by atoms with E-state index in [1.165, 1.54) is 24.3 Å². The number of rotatable bonds is 6. The Labute approximate surface area is 199 Å². The summed E-state index contributed by atoms with van der Waals surface area (Å²) in [4.78, 5) is 22.3. The van der Waals surface area contributed by atoms with Crippen LogP contribution < -0.4 is 0 Å². The van der Waals surface area contributed by atoms with Gasteiger partial charge in [0.2, 0.25) is 0 Å². The molecule has 0 heterocycles. The summed E-state index contributed by atoms with van der Waals surface area (Å²) in [5.41, 5.74) is 7.06. The highest BCUT2D eigenvalue weighted by Crippen LogP contribution is 2.40. The second-order valence-electron chi connectivity index (χ2n) is 7.97. The number of nitrogens with zero attached hydrogens (tertiary/aromatic N) is 4. The molecule has 5 rings (SSSR count). The smallest absolute Gasteiger partial charge is 0.335 e. The third-order valence-electron chi connectivity index (χ3n) is 5.60. The van der Waals surface area contributed by atoms with Crippen LogP contribution in [0.4, 0.5) is 22.7 Å². The van der Waals surface area contributed by atoms with Gasteiger partial charge in [0, 0.05) is 0 Å². The van der Waals surface area contributed by atoms with Crippen molar-refractivity contribution in [1.29, 1.82) is 0 Å². The van der Waals surface area contributed by atoms with Gasteiger partial charge >= 0.3 is 11.9 Å². The maximum Gasteiger partial charge on any atom is 0.335 e. The summed E-state index contributed by atoms with van der Waals surface area (Å²) in [7, 11) is 0. The van der Waals surface area contributed by atoms with Crippen LogP contribution >= 0.6 is 0 Å². The zero-order chi connectivity index (χ0) is 24.4. The van der Waals surface area contributed by atoms with Gasteiger partial charge in [-0.1, -0.05) is 24.3 Å². The molecule has 0 unspecified atom stereocenters. The normalized spacial score (nSPS) is 12.1. The van der Waals surface area contributed by atoms with Crippen LogP contribution in [0.15, 0.2) is 105 Å². The SMILES string of the molecule is O=C(O)c1cccc(/N=N/c2ccc3c(c2)Cc2cc(/N=N/c4cccc(C(=O)O)c4)ccc2-3)c1. The molecule has 1 aliphatic rings. The highest BCUT2D eigenvalue weighted by Gasteiger charge is 2.19. The first-order valence-corrected chi connectivity index (χ1v) is 10.7. The van der Waals surface area contributed by atoms with Gasteiger partial charge in [-0.3, -0.25) is 0 Å². The molecule has 0 saturated heterocycles.